The number of hydrogen-bond donors (Lipinski definition) is 0. The summed E-state index contributed by atoms with van der Waals surface area (Å²) in [7, 11) is 1.60. The third kappa shape index (κ3) is 4.10. The van der Waals surface area contributed by atoms with Crippen molar-refractivity contribution in [2.45, 2.75) is 12.8 Å². The van der Waals surface area contributed by atoms with Crippen LogP contribution in [0, 0.1) is 10.1 Å². The van der Waals surface area contributed by atoms with E-state index in [2.05, 4.69) is 0 Å². The number of methoxy groups -OCH3 is 1. The summed E-state index contributed by atoms with van der Waals surface area (Å²) >= 11 is 0. The van der Waals surface area contributed by atoms with E-state index in [0.29, 0.717) is 17.7 Å². The second kappa shape index (κ2) is 8.66. The summed E-state index contributed by atoms with van der Waals surface area (Å²) < 4.78 is 11.0. The molecule has 0 heterocycles. The molecule has 0 unspecified atom stereocenters. The highest BCUT2D eigenvalue weighted by atomic mass is 16.6. The van der Waals surface area contributed by atoms with Crippen molar-refractivity contribution < 1.29 is 14.4 Å². The lowest BCUT2D eigenvalue weighted by atomic mass is 9.88. The molecule has 4 rings (SSSR count). The SMILES string of the molecule is COc1ccc(C2=C([N+](=O)[O-])C(c3ccc(Oc4ccccc4)cc3)=CCC2)cc1. The van der Waals surface area contributed by atoms with Crippen LogP contribution in [0.5, 0.6) is 17.2 Å². The lowest BCUT2D eigenvalue weighted by Crippen LogP contribution is -2.09. The quantitative estimate of drug-likeness (QED) is 0.358. The van der Waals surface area contributed by atoms with Crippen molar-refractivity contribution in [2.24, 2.45) is 0 Å². The molecule has 0 saturated carbocycles. The van der Waals surface area contributed by atoms with Crippen LogP contribution < -0.4 is 9.47 Å². The van der Waals surface area contributed by atoms with Gasteiger partial charge in [0.1, 0.15) is 17.2 Å². The van der Waals surface area contributed by atoms with Gasteiger partial charge in [0.05, 0.1) is 17.6 Å². The summed E-state index contributed by atoms with van der Waals surface area (Å²) in [6.07, 6.45) is 3.32. The number of ether oxygens (including phenoxy) is 2. The smallest absolute Gasteiger partial charge is 0.280 e. The summed E-state index contributed by atoms with van der Waals surface area (Å²) in [4.78, 5) is 11.7. The molecule has 5 heteroatoms. The van der Waals surface area contributed by atoms with E-state index >= 15 is 0 Å². The molecule has 0 radical (unpaired) electrons. The zero-order valence-corrected chi connectivity index (χ0v) is 16.6. The highest BCUT2D eigenvalue weighted by molar-refractivity contribution is 5.89. The Balaban J connectivity index is 1.66. The van der Waals surface area contributed by atoms with Gasteiger partial charge in [-0.2, -0.15) is 0 Å². The van der Waals surface area contributed by atoms with Crippen LogP contribution in [0.1, 0.15) is 24.0 Å². The first-order valence-corrected chi connectivity index (χ1v) is 9.71. The lowest BCUT2D eigenvalue weighted by Gasteiger charge is -2.17. The normalized spacial score (nSPS) is 13.6. The Morgan fingerprint density at radius 3 is 2.03 bits per heavy atom. The second-order valence-corrected chi connectivity index (χ2v) is 6.91. The van der Waals surface area contributed by atoms with E-state index in [1.807, 2.05) is 84.9 Å². The molecule has 0 atom stereocenters. The maximum absolute atomic E-state index is 12.0. The number of para-hydroxylation sites is 1. The van der Waals surface area contributed by atoms with E-state index in [9.17, 15) is 10.1 Å². The zero-order valence-electron chi connectivity index (χ0n) is 16.6. The van der Waals surface area contributed by atoms with Crippen LogP contribution in [0.25, 0.3) is 11.1 Å². The van der Waals surface area contributed by atoms with Gasteiger partial charge in [0.15, 0.2) is 0 Å². The van der Waals surface area contributed by atoms with E-state index in [1.54, 1.807) is 7.11 Å². The van der Waals surface area contributed by atoms with Crippen molar-refractivity contribution in [3.8, 4) is 17.2 Å². The standard InChI is InChI=1S/C25H21NO4/c1-29-20-14-10-18(11-15-20)23-8-5-9-24(25(23)26(27)28)19-12-16-22(17-13-19)30-21-6-3-2-4-7-21/h2-4,6-7,9-17H,5,8H2,1H3. The molecule has 0 N–H and O–H groups in total. The van der Waals surface area contributed by atoms with Gasteiger partial charge in [-0.25, -0.2) is 0 Å². The first kappa shape index (κ1) is 19.5. The molecule has 0 bridgehead atoms. The van der Waals surface area contributed by atoms with Crippen LogP contribution >= 0.6 is 0 Å². The number of allylic oxidation sites excluding steroid dienone is 3. The number of benzene rings is 3. The molecular formula is C25H21NO4. The Bertz CT molecular complexity index is 1100. The van der Waals surface area contributed by atoms with Gasteiger partial charge in [0, 0.05) is 5.57 Å². The summed E-state index contributed by atoms with van der Waals surface area (Å²) in [6, 6.07) is 24.3. The molecule has 1 aliphatic carbocycles. The lowest BCUT2D eigenvalue weighted by molar-refractivity contribution is -0.416. The van der Waals surface area contributed by atoms with E-state index in [-0.39, 0.29) is 10.6 Å². The van der Waals surface area contributed by atoms with Crippen molar-refractivity contribution in [1.82, 2.24) is 0 Å². The summed E-state index contributed by atoms with van der Waals surface area (Å²) in [5.74, 6) is 2.15. The van der Waals surface area contributed by atoms with Crippen LogP contribution in [0.3, 0.4) is 0 Å². The average molecular weight is 399 g/mol. The molecule has 30 heavy (non-hydrogen) atoms. The minimum atomic E-state index is -0.279. The van der Waals surface area contributed by atoms with Crippen LogP contribution in [0.2, 0.25) is 0 Å². The first-order chi connectivity index (χ1) is 14.7. The predicted molar refractivity (Wildman–Crippen MR) is 117 cm³/mol. The monoisotopic (exact) mass is 399 g/mol. The van der Waals surface area contributed by atoms with Gasteiger partial charge in [-0.05, 0) is 60.4 Å². The van der Waals surface area contributed by atoms with Gasteiger partial charge >= 0.3 is 0 Å². The Morgan fingerprint density at radius 1 is 0.800 bits per heavy atom. The molecule has 3 aromatic carbocycles. The number of rotatable bonds is 6. The highest BCUT2D eigenvalue weighted by Gasteiger charge is 2.28. The third-order valence-electron chi connectivity index (χ3n) is 5.05. The van der Waals surface area contributed by atoms with Crippen LogP contribution in [0.4, 0.5) is 0 Å². The van der Waals surface area contributed by atoms with Crippen molar-refractivity contribution in [2.75, 3.05) is 7.11 Å². The molecule has 0 aromatic heterocycles. The molecular weight excluding hydrogens is 378 g/mol. The maximum atomic E-state index is 12.0. The molecule has 0 amide bonds. The first-order valence-electron chi connectivity index (χ1n) is 9.71. The molecule has 5 nitrogen and oxygen atoms in total. The molecule has 0 aliphatic heterocycles. The average Bonchev–Trinajstić information content (AvgIpc) is 2.80. The Hall–Kier alpha value is -3.86. The van der Waals surface area contributed by atoms with E-state index in [1.165, 1.54) is 0 Å². The highest BCUT2D eigenvalue weighted by Crippen LogP contribution is 2.38. The molecule has 0 fully saturated rings. The molecule has 0 saturated heterocycles. The molecule has 1 aliphatic rings. The van der Waals surface area contributed by atoms with Gasteiger partial charge in [0.2, 0.25) is 0 Å². The second-order valence-electron chi connectivity index (χ2n) is 6.91. The molecule has 0 spiro atoms. The number of hydrogen-bond acceptors (Lipinski definition) is 4. The third-order valence-corrected chi connectivity index (χ3v) is 5.05. The number of nitrogens with zero attached hydrogens (tertiary/aromatic N) is 1. The largest absolute Gasteiger partial charge is 0.497 e. The van der Waals surface area contributed by atoms with E-state index in [0.717, 1.165) is 34.6 Å². The Kier molecular flexibility index (Phi) is 5.61. The van der Waals surface area contributed by atoms with Gasteiger partial charge < -0.3 is 9.47 Å². The fourth-order valence-corrected chi connectivity index (χ4v) is 3.60. The topological polar surface area (TPSA) is 61.6 Å². The van der Waals surface area contributed by atoms with Crippen LogP contribution in [-0.4, -0.2) is 12.0 Å². The van der Waals surface area contributed by atoms with E-state index < -0.39 is 0 Å². The minimum absolute atomic E-state index is 0.156. The summed E-state index contributed by atoms with van der Waals surface area (Å²) in [5, 5.41) is 12.0. The fourth-order valence-electron chi connectivity index (χ4n) is 3.60. The predicted octanol–water partition coefficient (Wildman–Crippen LogP) is 6.35. The van der Waals surface area contributed by atoms with Crippen molar-refractivity contribution in [3.05, 3.63) is 112 Å². The minimum Gasteiger partial charge on any atom is -0.497 e. The maximum Gasteiger partial charge on any atom is 0.280 e. The van der Waals surface area contributed by atoms with Gasteiger partial charge in [0.25, 0.3) is 5.70 Å². The van der Waals surface area contributed by atoms with Crippen molar-refractivity contribution in [1.29, 1.82) is 0 Å². The summed E-state index contributed by atoms with van der Waals surface area (Å²) in [5.41, 5.74) is 3.18. The van der Waals surface area contributed by atoms with Crippen LogP contribution in [-0.2, 0) is 0 Å². The van der Waals surface area contributed by atoms with Gasteiger partial charge in [-0.1, -0.05) is 48.5 Å². The molecule has 150 valence electrons. The van der Waals surface area contributed by atoms with Crippen LogP contribution in [0.15, 0.2) is 90.6 Å². The van der Waals surface area contributed by atoms with Crippen molar-refractivity contribution in [3.63, 3.8) is 0 Å². The Morgan fingerprint density at radius 2 is 1.40 bits per heavy atom. The van der Waals surface area contributed by atoms with E-state index in [4.69, 9.17) is 9.47 Å². The Labute approximate surface area is 175 Å². The van der Waals surface area contributed by atoms with Crippen molar-refractivity contribution >= 4 is 11.1 Å². The number of nitro groups is 1. The molecule has 3 aromatic rings. The van der Waals surface area contributed by atoms with Gasteiger partial charge in [-0.3, -0.25) is 10.1 Å². The fraction of sp³-hybridized carbons (Fsp3) is 0.120. The van der Waals surface area contributed by atoms with Gasteiger partial charge in [-0.15, -0.1) is 0 Å². The zero-order chi connectivity index (χ0) is 20.9. The summed E-state index contributed by atoms with van der Waals surface area (Å²) in [6.45, 7) is 0.